The third-order valence-electron chi connectivity index (χ3n) is 2.34. The van der Waals surface area contributed by atoms with E-state index in [1.807, 2.05) is 0 Å². The average Bonchev–Trinajstić information content (AvgIpc) is 2.41. The van der Waals surface area contributed by atoms with Crippen LogP contribution in [0.1, 0.15) is 0 Å². The molecule has 0 saturated carbocycles. The zero-order valence-electron chi connectivity index (χ0n) is 10.4. The molecular weight excluding hydrogens is 348 g/mol. The third-order valence-corrected chi connectivity index (χ3v) is 4.14. The summed E-state index contributed by atoms with van der Waals surface area (Å²) in [5, 5.41) is 0. The molecule has 0 bridgehead atoms. The van der Waals surface area contributed by atoms with Crippen molar-refractivity contribution in [2.75, 3.05) is 17.6 Å². The van der Waals surface area contributed by atoms with E-state index >= 15 is 0 Å². The smallest absolute Gasteiger partial charge is 0.265 e. The van der Waals surface area contributed by atoms with Gasteiger partial charge in [-0.15, -0.1) is 0 Å². The number of nitrogens with one attached hydrogen (secondary N) is 1. The van der Waals surface area contributed by atoms with E-state index in [1.165, 1.54) is 25.4 Å². The van der Waals surface area contributed by atoms with Crippen molar-refractivity contribution in [3.05, 3.63) is 35.1 Å². The minimum atomic E-state index is -3.86. The Morgan fingerprint density at radius 1 is 1.35 bits per heavy atom. The molecule has 0 amide bonds. The molecule has 0 saturated heterocycles. The van der Waals surface area contributed by atoms with E-state index < -0.39 is 10.0 Å². The fourth-order valence-corrected chi connectivity index (χ4v) is 2.88. The Kier molecular flexibility index (Phi) is 4.09. The summed E-state index contributed by atoms with van der Waals surface area (Å²) < 4.78 is 32.2. The van der Waals surface area contributed by atoms with Gasteiger partial charge in [-0.05, 0) is 28.1 Å². The van der Waals surface area contributed by atoms with Crippen molar-refractivity contribution in [3.8, 4) is 5.88 Å². The predicted molar refractivity (Wildman–Crippen MR) is 77.9 cm³/mol. The van der Waals surface area contributed by atoms with E-state index in [0.717, 1.165) is 0 Å². The summed E-state index contributed by atoms with van der Waals surface area (Å²) in [6.07, 6.45) is 1.36. The molecular formula is C11H11BrN4O3S. The van der Waals surface area contributed by atoms with E-state index in [1.54, 1.807) is 12.1 Å². The van der Waals surface area contributed by atoms with Crippen molar-refractivity contribution < 1.29 is 13.2 Å². The highest BCUT2D eigenvalue weighted by Crippen LogP contribution is 2.25. The molecule has 0 atom stereocenters. The molecule has 0 unspecified atom stereocenters. The number of rotatable bonds is 4. The van der Waals surface area contributed by atoms with Gasteiger partial charge in [0.05, 0.1) is 19.0 Å². The molecule has 0 spiro atoms. The number of nitrogen functional groups attached to an aromatic ring is 1. The van der Waals surface area contributed by atoms with Gasteiger partial charge < -0.3 is 10.5 Å². The van der Waals surface area contributed by atoms with Gasteiger partial charge in [0.1, 0.15) is 9.50 Å². The maximum Gasteiger partial charge on any atom is 0.265 e. The summed E-state index contributed by atoms with van der Waals surface area (Å²) in [7, 11) is -2.50. The van der Waals surface area contributed by atoms with Crippen LogP contribution in [0.4, 0.5) is 11.5 Å². The average molecular weight is 359 g/mol. The van der Waals surface area contributed by atoms with Gasteiger partial charge in [-0.3, -0.25) is 4.72 Å². The highest BCUT2D eigenvalue weighted by molar-refractivity contribution is 9.10. The fraction of sp³-hybridized carbons (Fsp3) is 0.0909. The Morgan fingerprint density at radius 2 is 2.05 bits per heavy atom. The number of anilines is 2. The quantitative estimate of drug-likeness (QED) is 0.804. The maximum absolute atomic E-state index is 12.2. The summed E-state index contributed by atoms with van der Waals surface area (Å²) >= 11 is 3.12. The second kappa shape index (κ2) is 5.63. The first kappa shape index (κ1) is 14.5. The number of ether oxygens (including phenoxy) is 1. The topological polar surface area (TPSA) is 107 Å². The number of para-hydroxylation sites is 1. The summed E-state index contributed by atoms with van der Waals surface area (Å²) in [5.41, 5.74) is 5.80. The minimum Gasteiger partial charge on any atom is -0.478 e. The number of aromatic nitrogens is 2. The molecule has 1 aromatic heterocycles. The second-order valence-electron chi connectivity index (χ2n) is 3.69. The number of methoxy groups -OCH3 is 1. The normalized spacial score (nSPS) is 11.1. The standard InChI is InChI=1S/C11H11BrN4O3S/c1-19-11-10(14-6-9(12)15-11)16-20(17,18)8-5-3-2-4-7(8)13/h2-6H,13H2,1H3,(H,14,16). The van der Waals surface area contributed by atoms with Gasteiger partial charge in [0.15, 0.2) is 0 Å². The lowest BCUT2D eigenvalue weighted by Gasteiger charge is -2.11. The van der Waals surface area contributed by atoms with Crippen LogP contribution in [0.3, 0.4) is 0 Å². The van der Waals surface area contributed by atoms with Gasteiger partial charge >= 0.3 is 0 Å². The Hall–Kier alpha value is -1.87. The molecule has 9 heteroatoms. The van der Waals surface area contributed by atoms with Gasteiger partial charge in [-0.25, -0.2) is 18.4 Å². The van der Waals surface area contributed by atoms with E-state index in [2.05, 4.69) is 30.6 Å². The van der Waals surface area contributed by atoms with Crippen molar-refractivity contribution in [1.29, 1.82) is 0 Å². The molecule has 2 aromatic rings. The van der Waals surface area contributed by atoms with Gasteiger partial charge in [-0.1, -0.05) is 12.1 Å². The highest BCUT2D eigenvalue weighted by atomic mass is 79.9. The molecule has 1 heterocycles. The molecule has 0 radical (unpaired) electrons. The van der Waals surface area contributed by atoms with Crippen molar-refractivity contribution in [2.24, 2.45) is 0 Å². The zero-order chi connectivity index (χ0) is 14.8. The SMILES string of the molecule is COc1nc(Br)cnc1NS(=O)(=O)c1ccccc1N. The molecule has 1 aromatic carbocycles. The van der Waals surface area contributed by atoms with Crippen LogP contribution in [0.15, 0.2) is 40.0 Å². The lowest BCUT2D eigenvalue weighted by Crippen LogP contribution is -2.16. The second-order valence-corrected chi connectivity index (χ2v) is 6.16. The van der Waals surface area contributed by atoms with Crippen LogP contribution in [0.2, 0.25) is 0 Å². The summed E-state index contributed by atoms with van der Waals surface area (Å²) in [6.45, 7) is 0. The molecule has 106 valence electrons. The van der Waals surface area contributed by atoms with Gasteiger partial charge in [0.25, 0.3) is 15.9 Å². The first-order chi connectivity index (χ1) is 9.44. The number of nitrogens with zero attached hydrogens (tertiary/aromatic N) is 2. The van der Waals surface area contributed by atoms with Crippen molar-refractivity contribution in [3.63, 3.8) is 0 Å². The summed E-state index contributed by atoms with van der Waals surface area (Å²) in [6, 6.07) is 6.12. The molecule has 0 aliphatic rings. The van der Waals surface area contributed by atoms with Crippen molar-refractivity contribution in [2.45, 2.75) is 4.90 Å². The largest absolute Gasteiger partial charge is 0.478 e. The third kappa shape index (κ3) is 2.99. The van der Waals surface area contributed by atoms with E-state index in [4.69, 9.17) is 10.5 Å². The number of hydrogen-bond donors (Lipinski definition) is 2. The number of nitrogens with two attached hydrogens (primary N) is 1. The summed E-state index contributed by atoms with van der Waals surface area (Å²) in [4.78, 5) is 7.85. The minimum absolute atomic E-state index is 0.0149. The number of sulfonamides is 1. The highest BCUT2D eigenvalue weighted by Gasteiger charge is 2.20. The van der Waals surface area contributed by atoms with E-state index in [-0.39, 0.29) is 22.3 Å². The fourth-order valence-electron chi connectivity index (χ4n) is 1.47. The Balaban J connectivity index is 2.41. The number of halogens is 1. The Bertz CT molecular complexity index is 736. The molecule has 3 N–H and O–H groups in total. The molecule has 2 rings (SSSR count). The molecule has 7 nitrogen and oxygen atoms in total. The van der Waals surface area contributed by atoms with Crippen LogP contribution in [0.25, 0.3) is 0 Å². The van der Waals surface area contributed by atoms with Crippen LogP contribution in [0, 0.1) is 0 Å². The predicted octanol–water partition coefficient (Wildman–Crippen LogP) is 1.63. The number of hydrogen-bond acceptors (Lipinski definition) is 6. The maximum atomic E-state index is 12.2. The summed E-state index contributed by atoms with van der Waals surface area (Å²) in [5.74, 6) is 0.0383. The molecule has 20 heavy (non-hydrogen) atoms. The first-order valence-electron chi connectivity index (χ1n) is 5.38. The zero-order valence-corrected chi connectivity index (χ0v) is 12.8. The number of benzene rings is 1. The Morgan fingerprint density at radius 3 is 2.70 bits per heavy atom. The van der Waals surface area contributed by atoms with Crippen LogP contribution in [-0.4, -0.2) is 25.5 Å². The van der Waals surface area contributed by atoms with Crippen LogP contribution in [-0.2, 0) is 10.0 Å². The molecule has 0 aliphatic carbocycles. The lowest BCUT2D eigenvalue weighted by molar-refractivity contribution is 0.397. The molecule has 0 aliphatic heterocycles. The molecule has 0 fully saturated rings. The Labute approximate surface area is 124 Å². The van der Waals surface area contributed by atoms with Crippen LogP contribution < -0.4 is 15.2 Å². The van der Waals surface area contributed by atoms with E-state index in [0.29, 0.717) is 4.60 Å². The van der Waals surface area contributed by atoms with Crippen molar-refractivity contribution >= 4 is 37.5 Å². The monoisotopic (exact) mass is 358 g/mol. The van der Waals surface area contributed by atoms with Crippen LogP contribution >= 0.6 is 15.9 Å². The first-order valence-corrected chi connectivity index (χ1v) is 7.65. The van der Waals surface area contributed by atoms with Gasteiger partial charge in [0.2, 0.25) is 5.82 Å². The van der Waals surface area contributed by atoms with Crippen LogP contribution in [0.5, 0.6) is 5.88 Å². The van der Waals surface area contributed by atoms with Gasteiger partial charge in [0, 0.05) is 0 Å². The van der Waals surface area contributed by atoms with Crippen molar-refractivity contribution in [1.82, 2.24) is 9.97 Å². The van der Waals surface area contributed by atoms with E-state index in [9.17, 15) is 8.42 Å². The lowest BCUT2D eigenvalue weighted by atomic mass is 10.3. The van der Waals surface area contributed by atoms with Gasteiger partial charge in [-0.2, -0.15) is 0 Å².